The number of rotatable bonds is 0. The molecule has 0 aliphatic rings. The molecular weight excluding hydrogens is 232 g/mol. The van der Waals surface area contributed by atoms with Crippen molar-refractivity contribution < 1.29 is 0 Å². The van der Waals surface area contributed by atoms with Crippen molar-refractivity contribution in [2.24, 2.45) is 14.1 Å². The van der Waals surface area contributed by atoms with Gasteiger partial charge in [0.1, 0.15) is 0 Å². The van der Waals surface area contributed by atoms with Crippen LogP contribution in [0, 0.1) is 6.92 Å². The fourth-order valence-corrected chi connectivity index (χ4v) is 2.34. The first-order valence-electron chi connectivity index (χ1n) is 5.82. The van der Waals surface area contributed by atoms with Gasteiger partial charge in [-0.1, -0.05) is 20.8 Å². The van der Waals surface area contributed by atoms with Crippen molar-refractivity contribution in [3.05, 3.63) is 32.4 Å². The Bertz CT molecular complexity index is 740. The molecule has 0 bridgehead atoms. The van der Waals surface area contributed by atoms with Gasteiger partial charge in [-0.05, 0) is 6.92 Å². The van der Waals surface area contributed by atoms with Gasteiger partial charge in [0.15, 0.2) is 0 Å². The van der Waals surface area contributed by atoms with Crippen LogP contribution < -0.4 is 11.4 Å². The van der Waals surface area contributed by atoms with E-state index < -0.39 is 0 Å². The van der Waals surface area contributed by atoms with Crippen LogP contribution in [0.15, 0.2) is 9.59 Å². The Balaban J connectivity index is 3.15. The number of hydrogen-bond acceptors (Lipinski definition) is 3. The number of hydrogen-bond donors (Lipinski definition) is 0. The Morgan fingerprint density at radius 3 is 2.06 bits per heavy atom. The SMILES string of the molecule is Cc1nc2n(C)c(=O)n(C)c(=O)n2c1C(C)(C)C. The quantitative estimate of drug-likeness (QED) is 0.677. The maximum absolute atomic E-state index is 12.3. The Labute approximate surface area is 105 Å². The first kappa shape index (κ1) is 12.6. The lowest BCUT2D eigenvalue weighted by Gasteiger charge is -2.19. The highest BCUT2D eigenvalue weighted by atomic mass is 16.2. The average Bonchev–Trinajstić information content (AvgIpc) is 2.61. The summed E-state index contributed by atoms with van der Waals surface area (Å²) in [5.74, 6) is 0.394. The summed E-state index contributed by atoms with van der Waals surface area (Å²) in [7, 11) is 3.10. The molecule has 2 heterocycles. The highest BCUT2D eigenvalue weighted by Crippen LogP contribution is 2.24. The maximum Gasteiger partial charge on any atom is 0.339 e. The summed E-state index contributed by atoms with van der Waals surface area (Å²) in [5, 5.41) is 0. The molecule has 98 valence electrons. The number of nitrogens with zero attached hydrogens (tertiary/aromatic N) is 4. The molecule has 0 aliphatic heterocycles. The third-order valence-corrected chi connectivity index (χ3v) is 3.10. The Hall–Kier alpha value is -1.85. The van der Waals surface area contributed by atoms with Crippen molar-refractivity contribution in [1.82, 2.24) is 18.5 Å². The molecule has 0 aliphatic carbocycles. The molecule has 2 aromatic heterocycles. The van der Waals surface area contributed by atoms with E-state index in [1.165, 1.54) is 16.0 Å². The monoisotopic (exact) mass is 250 g/mol. The molecule has 0 amide bonds. The van der Waals surface area contributed by atoms with Crippen LogP contribution in [0.25, 0.3) is 5.78 Å². The smallest absolute Gasteiger partial charge is 0.266 e. The van der Waals surface area contributed by atoms with Crippen LogP contribution in [-0.2, 0) is 19.5 Å². The molecule has 6 heteroatoms. The summed E-state index contributed by atoms with van der Waals surface area (Å²) in [5.41, 5.74) is 0.693. The number of fused-ring (bicyclic) bond motifs is 1. The van der Waals surface area contributed by atoms with Crippen LogP contribution in [0.4, 0.5) is 0 Å². The second-order valence-electron chi connectivity index (χ2n) is 5.61. The van der Waals surface area contributed by atoms with Gasteiger partial charge in [0.05, 0.1) is 11.4 Å². The lowest BCUT2D eigenvalue weighted by molar-refractivity contribution is 0.540. The summed E-state index contributed by atoms with van der Waals surface area (Å²) < 4.78 is 4.02. The van der Waals surface area contributed by atoms with Crippen molar-refractivity contribution in [1.29, 1.82) is 0 Å². The van der Waals surface area contributed by atoms with Gasteiger partial charge in [0.2, 0.25) is 5.78 Å². The molecule has 0 saturated heterocycles. The summed E-state index contributed by atoms with van der Waals surface area (Å²) in [4.78, 5) is 28.5. The van der Waals surface area contributed by atoms with E-state index in [2.05, 4.69) is 4.98 Å². The van der Waals surface area contributed by atoms with Gasteiger partial charge >= 0.3 is 11.4 Å². The minimum absolute atomic E-state index is 0.215. The van der Waals surface area contributed by atoms with Gasteiger partial charge in [-0.15, -0.1) is 0 Å². The minimum atomic E-state index is -0.363. The zero-order valence-corrected chi connectivity index (χ0v) is 11.6. The van der Waals surface area contributed by atoms with Crippen LogP contribution in [0.3, 0.4) is 0 Å². The van der Waals surface area contributed by atoms with E-state index in [4.69, 9.17) is 0 Å². The fourth-order valence-electron chi connectivity index (χ4n) is 2.34. The third-order valence-electron chi connectivity index (χ3n) is 3.10. The fraction of sp³-hybridized carbons (Fsp3) is 0.583. The van der Waals surface area contributed by atoms with Gasteiger partial charge in [0, 0.05) is 19.5 Å². The lowest BCUT2D eigenvalue weighted by atomic mass is 9.91. The molecule has 0 fully saturated rings. The Morgan fingerprint density at radius 1 is 1.00 bits per heavy atom. The Kier molecular flexibility index (Phi) is 2.50. The molecule has 0 atom stereocenters. The molecule has 2 aromatic rings. The standard InChI is InChI=1S/C12H18N4O2/c1-7-8(12(2,3)4)16-9(13-7)14(5)10(17)15(6)11(16)18/h1-6H3. The van der Waals surface area contributed by atoms with Gasteiger partial charge in [0.25, 0.3) is 0 Å². The van der Waals surface area contributed by atoms with Crippen molar-refractivity contribution in [2.45, 2.75) is 33.1 Å². The van der Waals surface area contributed by atoms with E-state index in [9.17, 15) is 9.59 Å². The van der Waals surface area contributed by atoms with Crippen molar-refractivity contribution in [3.8, 4) is 0 Å². The zero-order valence-electron chi connectivity index (χ0n) is 11.6. The lowest BCUT2D eigenvalue weighted by Crippen LogP contribution is -2.42. The van der Waals surface area contributed by atoms with E-state index in [-0.39, 0.29) is 16.8 Å². The van der Waals surface area contributed by atoms with Crippen molar-refractivity contribution >= 4 is 5.78 Å². The van der Waals surface area contributed by atoms with Crippen molar-refractivity contribution in [3.63, 3.8) is 0 Å². The first-order valence-corrected chi connectivity index (χ1v) is 5.82. The van der Waals surface area contributed by atoms with E-state index in [1.807, 2.05) is 27.7 Å². The van der Waals surface area contributed by atoms with Gasteiger partial charge in [-0.2, -0.15) is 0 Å². The molecule has 0 N–H and O–H groups in total. The van der Waals surface area contributed by atoms with E-state index in [0.29, 0.717) is 5.78 Å². The highest BCUT2D eigenvalue weighted by Gasteiger charge is 2.25. The molecule has 2 rings (SSSR count). The zero-order chi connectivity index (χ0) is 13.8. The van der Waals surface area contributed by atoms with E-state index in [1.54, 1.807) is 7.05 Å². The highest BCUT2D eigenvalue weighted by molar-refractivity contribution is 5.38. The van der Waals surface area contributed by atoms with Crippen molar-refractivity contribution in [2.75, 3.05) is 0 Å². The minimum Gasteiger partial charge on any atom is -0.266 e. The molecule has 18 heavy (non-hydrogen) atoms. The molecule has 0 spiro atoms. The van der Waals surface area contributed by atoms with E-state index in [0.717, 1.165) is 16.0 Å². The normalized spacial score (nSPS) is 12.3. The topological polar surface area (TPSA) is 61.3 Å². The summed E-state index contributed by atoms with van der Waals surface area (Å²) in [6.07, 6.45) is 0. The third kappa shape index (κ3) is 1.52. The van der Waals surface area contributed by atoms with E-state index >= 15 is 0 Å². The van der Waals surface area contributed by atoms with Crippen LogP contribution >= 0.6 is 0 Å². The second-order valence-corrected chi connectivity index (χ2v) is 5.61. The van der Waals surface area contributed by atoms with Crippen LogP contribution in [0.1, 0.15) is 32.2 Å². The number of aryl methyl sites for hydroxylation is 2. The maximum atomic E-state index is 12.3. The van der Waals surface area contributed by atoms with Crippen LogP contribution in [0.2, 0.25) is 0 Å². The Morgan fingerprint density at radius 2 is 1.56 bits per heavy atom. The van der Waals surface area contributed by atoms with Gasteiger partial charge in [-0.3, -0.25) is 4.57 Å². The summed E-state index contributed by atoms with van der Waals surface area (Å²) in [6, 6.07) is 0. The number of imidazole rings is 1. The molecule has 0 saturated carbocycles. The van der Waals surface area contributed by atoms with Gasteiger partial charge < -0.3 is 0 Å². The predicted octanol–water partition coefficient (Wildman–Crippen LogP) is 0.338. The summed E-state index contributed by atoms with van der Waals surface area (Å²) in [6.45, 7) is 7.92. The summed E-state index contributed by atoms with van der Waals surface area (Å²) >= 11 is 0. The average molecular weight is 250 g/mol. The van der Waals surface area contributed by atoms with Gasteiger partial charge in [-0.25, -0.2) is 23.5 Å². The largest absolute Gasteiger partial charge is 0.339 e. The number of aromatic nitrogens is 4. The molecule has 0 aromatic carbocycles. The van der Waals surface area contributed by atoms with Crippen LogP contribution in [-0.4, -0.2) is 18.5 Å². The molecule has 0 radical (unpaired) electrons. The second kappa shape index (κ2) is 3.57. The predicted molar refractivity (Wildman–Crippen MR) is 69.1 cm³/mol. The molecular formula is C12H18N4O2. The van der Waals surface area contributed by atoms with Crippen LogP contribution in [0.5, 0.6) is 0 Å². The molecule has 0 unspecified atom stereocenters. The molecule has 6 nitrogen and oxygen atoms in total. The first-order chi connectivity index (χ1) is 8.16.